The fourth-order valence-electron chi connectivity index (χ4n) is 8.15. The Kier molecular flexibility index (Phi) is 7.38. The van der Waals surface area contributed by atoms with Gasteiger partial charge in [0.15, 0.2) is 11.6 Å². The quantitative estimate of drug-likeness (QED) is 0.172. The van der Waals surface area contributed by atoms with Crippen LogP contribution in [0.15, 0.2) is 194 Å². The maximum atomic E-state index is 5.40. The van der Waals surface area contributed by atoms with Crippen LogP contribution in [0.4, 0.5) is 0 Å². The van der Waals surface area contributed by atoms with Gasteiger partial charge in [0, 0.05) is 33.5 Å². The molecule has 4 heterocycles. The van der Waals surface area contributed by atoms with Crippen molar-refractivity contribution in [2.45, 2.75) is 0 Å². The maximum Gasteiger partial charge on any atom is 0.238 e. The molecule has 0 aliphatic heterocycles. The zero-order chi connectivity index (χ0) is 37.0. The molecule has 0 spiro atoms. The fraction of sp³-hybridized carbons (Fsp3) is 0. The lowest BCUT2D eigenvalue weighted by Gasteiger charge is -2.16. The fourth-order valence-corrected chi connectivity index (χ4v) is 8.15. The summed E-state index contributed by atoms with van der Waals surface area (Å²) in [6.45, 7) is 0. The smallest absolute Gasteiger partial charge is 0.238 e. The Bertz CT molecular complexity index is 3150. The van der Waals surface area contributed by atoms with E-state index in [-0.39, 0.29) is 0 Å². The number of rotatable bonds is 6. The number of benzene rings is 7. The first-order chi connectivity index (χ1) is 27.8. The van der Waals surface area contributed by atoms with Gasteiger partial charge in [0.1, 0.15) is 0 Å². The lowest BCUT2D eigenvalue weighted by Crippen LogP contribution is -2.08. The van der Waals surface area contributed by atoms with Gasteiger partial charge in [0.2, 0.25) is 5.95 Å². The second-order valence-electron chi connectivity index (χ2n) is 13.9. The highest BCUT2D eigenvalue weighted by Crippen LogP contribution is 2.39. The van der Waals surface area contributed by atoms with Gasteiger partial charge in [-0.05, 0) is 76.9 Å². The van der Waals surface area contributed by atoms with E-state index in [0.29, 0.717) is 17.6 Å². The van der Waals surface area contributed by atoms with Gasteiger partial charge in [-0.3, -0.25) is 9.55 Å². The molecule has 0 fully saturated rings. The van der Waals surface area contributed by atoms with E-state index in [2.05, 4.69) is 179 Å². The standard InChI is InChI=1S/C50H32N6/c1-3-16-33(17-4-1)35-29-30-38(41(32-35)34-18-5-2-6-19-34)48-52-49(54-50(53-48)56-42-24-11-7-20-36(42)37-21-8-12-25-43(37)56)40-23-10-14-27-45(40)55-44-26-13-9-22-39(44)47-46(55)28-15-31-51-47/h1-32H. The number of nitrogens with zero attached hydrogens (tertiary/aromatic N) is 6. The monoisotopic (exact) mass is 716 g/mol. The second-order valence-corrected chi connectivity index (χ2v) is 13.9. The summed E-state index contributed by atoms with van der Waals surface area (Å²) in [7, 11) is 0. The van der Waals surface area contributed by atoms with Crippen molar-refractivity contribution in [3.05, 3.63) is 194 Å². The molecule has 0 radical (unpaired) electrons. The molecule has 4 aromatic heterocycles. The lowest BCUT2D eigenvalue weighted by molar-refractivity contribution is 0.952. The molecule has 0 amide bonds. The minimum absolute atomic E-state index is 0.548. The molecule has 0 N–H and O–H groups in total. The Hall–Kier alpha value is -7.70. The Morgan fingerprint density at radius 1 is 0.339 bits per heavy atom. The summed E-state index contributed by atoms with van der Waals surface area (Å²) in [5, 5.41) is 3.37. The first-order valence-corrected chi connectivity index (χ1v) is 18.7. The van der Waals surface area contributed by atoms with Crippen molar-refractivity contribution < 1.29 is 0 Å². The SMILES string of the molecule is c1ccc(-c2ccc(-c3nc(-c4ccccc4-n4c5ccccc5c5ncccc54)nc(-n4c5ccccc5c5ccccc54)n3)c(-c3ccccc3)c2)cc1. The molecule has 0 saturated heterocycles. The first kappa shape index (κ1) is 31.8. The first-order valence-electron chi connectivity index (χ1n) is 18.7. The summed E-state index contributed by atoms with van der Waals surface area (Å²) >= 11 is 0. The molecule has 0 saturated carbocycles. The molecule has 0 aliphatic rings. The maximum absolute atomic E-state index is 5.40. The van der Waals surface area contributed by atoms with Crippen LogP contribution in [0.25, 0.3) is 100 Å². The molecular weight excluding hydrogens is 685 g/mol. The molecule has 0 aliphatic carbocycles. The van der Waals surface area contributed by atoms with Gasteiger partial charge in [-0.1, -0.05) is 133 Å². The summed E-state index contributed by atoms with van der Waals surface area (Å²) in [6.07, 6.45) is 1.86. The van der Waals surface area contributed by atoms with Gasteiger partial charge in [0.05, 0.1) is 33.3 Å². The van der Waals surface area contributed by atoms with Crippen LogP contribution in [0.1, 0.15) is 0 Å². The van der Waals surface area contributed by atoms with Gasteiger partial charge in [-0.2, -0.15) is 9.97 Å². The van der Waals surface area contributed by atoms with Crippen LogP contribution in [0.5, 0.6) is 0 Å². The van der Waals surface area contributed by atoms with Gasteiger partial charge >= 0.3 is 0 Å². The Morgan fingerprint density at radius 2 is 0.893 bits per heavy atom. The molecule has 6 heteroatoms. The molecule has 11 rings (SSSR count). The summed E-state index contributed by atoms with van der Waals surface area (Å²) in [5.41, 5.74) is 12.2. The number of hydrogen-bond donors (Lipinski definition) is 0. The predicted octanol–water partition coefficient (Wildman–Crippen LogP) is 12.1. The zero-order valence-electron chi connectivity index (χ0n) is 30.2. The van der Waals surface area contributed by atoms with E-state index >= 15 is 0 Å². The average molecular weight is 717 g/mol. The van der Waals surface area contributed by atoms with E-state index in [1.807, 2.05) is 24.4 Å². The summed E-state index contributed by atoms with van der Waals surface area (Å²) in [5.74, 6) is 1.71. The second kappa shape index (κ2) is 13.0. The van der Waals surface area contributed by atoms with Crippen LogP contribution in [0.2, 0.25) is 0 Å². The van der Waals surface area contributed by atoms with Crippen LogP contribution in [0, 0.1) is 0 Å². The molecule has 7 aromatic carbocycles. The molecular formula is C50H32N6. The van der Waals surface area contributed by atoms with E-state index in [4.69, 9.17) is 19.9 Å². The minimum atomic E-state index is 0.548. The Balaban J connectivity index is 1.22. The molecule has 0 unspecified atom stereocenters. The van der Waals surface area contributed by atoms with Gasteiger partial charge < -0.3 is 4.57 Å². The minimum Gasteiger partial charge on any atom is -0.307 e. The number of aromatic nitrogens is 6. The Morgan fingerprint density at radius 3 is 1.61 bits per heavy atom. The van der Waals surface area contributed by atoms with Crippen LogP contribution >= 0.6 is 0 Å². The van der Waals surface area contributed by atoms with Crippen molar-refractivity contribution >= 4 is 43.7 Å². The third kappa shape index (κ3) is 5.11. The van der Waals surface area contributed by atoms with E-state index in [1.54, 1.807) is 0 Å². The van der Waals surface area contributed by atoms with Crippen molar-refractivity contribution in [2.75, 3.05) is 0 Å². The Labute approximate surface area is 322 Å². The predicted molar refractivity (Wildman–Crippen MR) is 228 cm³/mol. The van der Waals surface area contributed by atoms with E-state index < -0.39 is 0 Å². The van der Waals surface area contributed by atoms with Crippen molar-refractivity contribution in [3.8, 4) is 56.7 Å². The van der Waals surface area contributed by atoms with Gasteiger partial charge in [-0.15, -0.1) is 0 Å². The third-order valence-electron chi connectivity index (χ3n) is 10.7. The molecule has 56 heavy (non-hydrogen) atoms. The van der Waals surface area contributed by atoms with Crippen molar-refractivity contribution in [1.29, 1.82) is 0 Å². The highest BCUT2D eigenvalue weighted by Gasteiger charge is 2.22. The highest BCUT2D eigenvalue weighted by atomic mass is 15.2. The third-order valence-corrected chi connectivity index (χ3v) is 10.7. The zero-order valence-corrected chi connectivity index (χ0v) is 30.2. The van der Waals surface area contributed by atoms with Crippen LogP contribution in [-0.4, -0.2) is 29.1 Å². The molecule has 0 bridgehead atoms. The highest BCUT2D eigenvalue weighted by molar-refractivity contribution is 6.09. The van der Waals surface area contributed by atoms with Crippen molar-refractivity contribution in [3.63, 3.8) is 0 Å². The normalized spacial score (nSPS) is 11.6. The molecule has 262 valence electrons. The number of fused-ring (bicyclic) bond motifs is 6. The van der Waals surface area contributed by atoms with E-state index in [0.717, 1.165) is 82.8 Å². The summed E-state index contributed by atoms with van der Waals surface area (Å²) in [4.78, 5) is 21.0. The molecule has 6 nitrogen and oxygen atoms in total. The molecule has 11 aromatic rings. The van der Waals surface area contributed by atoms with Crippen molar-refractivity contribution in [1.82, 2.24) is 29.1 Å². The van der Waals surface area contributed by atoms with Crippen LogP contribution in [-0.2, 0) is 0 Å². The van der Waals surface area contributed by atoms with Gasteiger partial charge in [0.25, 0.3) is 0 Å². The van der Waals surface area contributed by atoms with E-state index in [9.17, 15) is 0 Å². The molecule has 0 atom stereocenters. The number of pyridine rings is 1. The largest absolute Gasteiger partial charge is 0.307 e. The van der Waals surface area contributed by atoms with Crippen molar-refractivity contribution in [2.24, 2.45) is 0 Å². The summed E-state index contributed by atoms with van der Waals surface area (Å²) < 4.78 is 4.45. The average Bonchev–Trinajstić information content (AvgIpc) is 3.80. The number of para-hydroxylation sites is 4. The van der Waals surface area contributed by atoms with E-state index in [1.165, 1.54) is 0 Å². The van der Waals surface area contributed by atoms with Gasteiger partial charge in [-0.25, -0.2) is 4.98 Å². The number of hydrogen-bond acceptors (Lipinski definition) is 4. The van der Waals surface area contributed by atoms with Crippen LogP contribution in [0.3, 0.4) is 0 Å². The van der Waals surface area contributed by atoms with Crippen LogP contribution < -0.4 is 0 Å². The summed E-state index contributed by atoms with van der Waals surface area (Å²) in [6, 6.07) is 65.4. The topological polar surface area (TPSA) is 61.4 Å². The lowest BCUT2D eigenvalue weighted by atomic mass is 9.94.